The van der Waals surface area contributed by atoms with Crippen molar-refractivity contribution in [2.75, 3.05) is 11.4 Å². The summed E-state index contributed by atoms with van der Waals surface area (Å²) in [6, 6.07) is 6.88. The van der Waals surface area contributed by atoms with Crippen LogP contribution in [0.2, 0.25) is 0 Å². The summed E-state index contributed by atoms with van der Waals surface area (Å²) < 4.78 is 13.1. The number of rotatable bonds is 3. The van der Waals surface area contributed by atoms with E-state index in [1.54, 1.807) is 12.1 Å². The third-order valence-electron chi connectivity index (χ3n) is 4.51. The molecule has 1 aliphatic heterocycles. The number of aliphatic imine (C=N–C) groups is 1. The van der Waals surface area contributed by atoms with E-state index in [4.69, 9.17) is 5.73 Å². The molecule has 1 unspecified atom stereocenters. The Kier molecular flexibility index (Phi) is 3.90. The highest BCUT2D eigenvalue weighted by atomic mass is 19.1. The third-order valence-corrected chi connectivity index (χ3v) is 4.51. The Morgan fingerprint density at radius 2 is 1.85 bits per heavy atom. The molecule has 1 heterocycles. The predicted molar refractivity (Wildman–Crippen MR) is 80.3 cm³/mol. The van der Waals surface area contributed by atoms with Crippen molar-refractivity contribution in [3.8, 4) is 0 Å². The van der Waals surface area contributed by atoms with Gasteiger partial charge in [0.1, 0.15) is 5.82 Å². The summed E-state index contributed by atoms with van der Waals surface area (Å²) in [6.45, 7) is 0.764. The van der Waals surface area contributed by atoms with Crippen LogP contribution >= 0.6 is 0 Å². The molecule has 1 aliphatic carbocycles. The van der Waals surface area contributed by atoms with Crippen LogP contribution in [0.25, 0.3) is 0 Å². The van der Waals surface area contributed by atoms with E-state index in [9.17, 15) is 4.39 Å². The van der Waals surface area contributed by atoms with Crippen molar-refractivity contribution in [3.05, 3.63) is 30.1 Å². The lowest BCUT2D eigenvalue weighted by atomic mass is 9.84. The molecule has 3 nitrogen and oxygen atoms in total. The van der Waals surface area contributed by atoms with Crippen LogP contribution in [0.3, 0.4) is 0 Å². The van der Waals surface area contributed by atoms with E-state index in [1.165, 1.54) is 44.2 Å². The topological polar surface area (TPSA) is 41.6 Å². The summed E-state index contributed by atoms with van der Waals surface area (Å²) in [5, 5.41) is 0. The lowest BCUT2D eigenvalue weighted by Gasteiger charge is -2.31. The van der Waals surface area contributed by atoms with Crippen molar-refractivity contribution in [2.24, 2.45) is 16.6 Å². The number of nitrogens with two attached hydrogens (primary N) is 1. The van der Waals surface area contributed by atoms with Crippen LogP contribution in [0.5, 0.6) is 0 Å². The SMILES string of the molecule is NC1=NCC(CC2CCCCC2)N1c1ccc(F)cc1. The van der Waals surface area contributed by atoms with Crippen LogP contribution in [-0.2, 0) is 0 Å². The Bertz CT molecular complexity index is 477. The van der Waals surface area contributed by atoms with Gasteiger partial charge >= 0.3 is 0 Å². The summed E-state index contributed by atoms with van der Waals surface area (Å²) in [7, 11) is 0. The molecule has 1 fully saturated rings. The summed E-state index contributed by atoms with van der Waals surface area (Å²) >= 11 is 0. The first-order chi connectivity index (χ1) is 9.74. The lowest BCUT2D eigenvalue weighted by Crippen LogP contribution is -2.42. The van der Waals surface area contributed by atoms with E-state index in [-0.39, 0.29) is 5.82 Å². The molecular weight excluding hydrogens is 253 g/mol. The first-order valence-electron chi connectivity index (χ1n) is 7.59. The maximum atomic E-state index is 13.1. The van der Waals surface area contributed by atoms with E-state index >= 15 is 0 Å². The number of hydrogen-bond acceptors (Lipinski definition) is 3. The van der Waals surface area contributed by atoms with Gasteiger partial charge in [-0.05, 0) is 36.6 Å². The van der Waals surface area contributed by atoms with Crippen LogP contribution in [0.4, 0.5) is 10.1 Å². The highest BCUT2D eigenvalue weighted by molar-refractivity contribution is 5.97. The summed E-state index contributed by atoms with van der Waals surface area (Å²) in [5.41, 5.74) is 6.98. The number of hydrogen-bond donors (Lipinski definition) is 1. The molecular formula is C16H22FN3. The highest BCUT2D eigenvalue weighted by Gasteiger charge is 2.30. The zero-order chi connectivity index (χ0) is 13.9. The first-order valence-corrected chi connectivity index (χ1v) is 7.59. The van der Waals surface area contributed by atoms with Crippen molar-refractivity contribution in [3.63, 3.8) is 0 Å². The molecule has 0 saturated heterocycles. The molecule has 20 heavy (non-hydrogen) atoms. The quantitative estimate of drug-likeness (QED) is 0.919. The van der Waals surface area contributed by atoms with Crippen molar-refractivity contribution in [1.29, 1.82) is 0 Å². The van der Waals surface area contributed by atoms with Gasteiger partial charge in [-0.15, -0.1) is 0 Å². The number of nitrogens with zero attached hydrogens (tertiary/aromatic N) is 2. The molecule has 2 aliphatic rings. The molecule has 0 amide bonds. The minimum absolute atomic E-state index is 0.215. The molecule has 0 spiro atoms. The van der Waals surface area contributed by atoms with Crippen molar-refractivity contribution in [2.45, 2.75) is 44.6 Å². The minimum atomic E-state index is -0.215. The Morgan fingerprint density at radius 1 is 1.15 bits per heavy atom. The van der Waals surface area contributed by atoms with Gasteiger partial charge in [-0.3, -0.25) is 4.99 Å². The van der Waals surface area contributed by atoms with Gasteiger partial charge in [0.25, 0.3) is 0 Å². The first kappa shape index (κ1) is 13.4. The van der Waals surface area contributed by atoms with Gasteiger partial charge in [-0.2, -0.15) is 0 Å². The molecule has 0 aromatic heterocycles. The van der Waals surface area contributed by atoms with Gasteiger partial charge in [-0.25, -0.2) is 4.39 Å². The van der Waals surface area contributed by atoms with Crippen LogP contribution < -0.4 is 10.6 Å². The van der Waals surface area contributed by atoms with Crippen molar-refractivity contribution >= 4 is 11.6 Å². The van der Waals surface area contributed by atoms with Crippen LogP contribution in [0.1, 0.15) is 38.5 Å². The van der Waals surface area contributed by atoms with Crippen molar-refractivity contribution in [1.82, 2.24) is 0 Å². The van der Waals surface area contributed by atoms with Crippen molar-refractivity contribution < 1.29 is 4.39 Å². The summed E-state index contributed by atoms with van der Waals surface area (Å²) in [4.78, 5) is 6.47. The molecule has 4 heteroatoms. The summed E-state index contributed by atoms with van der Waals surface area (Å²) in [5.74, 6) is 1.14. The van der Waals surface area contributed by atoms with Gasteiger partial charge in [0, 0.05) is 5.69 Å². The fourth-order valence-corrected chi connectivity index (χ4v) is 3.48. The molecule has 2 N–H and O–H groups in total. The highest BCUT2D eigenvalue weighted by Crippen LogP contribution is 2.31. The molecule has 0 bridgehead atoms. The minimum Gasteiger partial charge on any atom is -0.370 e. The molecule has 1 aromatic rings. The van der Waals surface area contributed by atoms with E-state index in [1.807, 2.05) is 0 Å². The second kappa shape index (κ2) is 5.81. The number of guanidine groups is 1. The van der Waals surface area contributed by atoms with Crippen LogP contribution in [0.15, 0.2) is 29.3 Å². The zero-order valence-electron chi connectivity index (χ0n) is 11.8. The maximum Gasteiger partial charge on any atom is 0.196 e. The van der Waals surface area contributed by atoms with E-state index in [2.05, 4.69) is 9.89 Å². The predicted octanol–water partition coefficient (Wildman–Crippen LogP) is 3.30. The zero-order valence-corrected chi connectivity index (χ0v) is 11.8. The standard InChI is InChI=1S/C16H22FN3/c17-13-6-8-14(9-7-13)20-15(11-19-16(20)18)10-12-4-2-1-3-5-12/h6-9,12,15H,1-5,10-11H2,(H2,18,19). The summed E-state index contributed by atoms with van der Waals surface area (Å²) in [6.07, 6.45) is 7.87. The third kappa shape index (κ3) is 2.79. The van der Waals surface area contributed by atoms with E-state index in [0.717, 1.165) is 24.6 Å². The Morgan fingerprint density at radius 3 is 2.55 bits per heavy atom. The number of benzene rings is 1. The molecule has 1 atom stereocenters. The van der Waals surface area contributed by atoms with Crippen LogP contribution in [-0.4, -0.2) is 18.5 Å². The lowest BCUT2D eigenvalue weighted by molar-refractivity contribution is 0.322. The Hall–Kier alpha value is -1.58. The van der Waals surface area contributed by atoms with E-state index in [0.29, 0.717) is 12.0 Å². The molecule has 0 radical (unpaired) electrons. The second-order valence-electron chi connectivity index (χ2n) is 5.94. The number of halogens is 1. The van der Waals surface area contributed by atoms with Gasteiger partial charge < -0.3 is 10.6 Å². The molecule has 108 valence electrons. The van der Waals surface area contributed by atoms with Gasteiger partial charge in [-0.1, -0.05) is 32.1 Å². The van der Waals surface area contributed by atoms with Gasteiger partial charge in [0.15, 0.2) is 5.96 Å². The van der Waals surface area contributed by atoms with Gasteiger partial charge in [0.2, 0.25) is 0 Å². The average Bonchev–Trinajstić information content (AvgIpc) is 2.82. The Labute approximate surface area is 119 Å². The Balaban J connectivity index is 1.72. The van der Waals surface area contributed by atoms with E-state index < -0.39 is 0 Å². The molecule has 3 rings (SSSR count). The molecule has 1 aromatic carbocycles. The maximum absolute atomic E-state index is 13.1. The fraction of sp³-hybridized carbons (Fsp3) is 0.562. The second-order valence-corrected chi connectivity index (χ2v) is 5.94. The molecule has 1 saturated carbocycles. The van der Waals surface area contributed by atoms with Crippen LogP contribution in [0, 0.1) is 11.7 Å². The van der Waals surface area contributed by atoms with Gasteiger partial charge in [0.05, 0.1) is 12.6 Å². The monoisotopic (exact) mass is 275 g/mol. The normalized spacial score (nSPS) is 23.9. The number of anilines is 1. The largest absolute Gasteiger partial charge is 0.370 e. The fourth-order valence-electron chi connectivity index (χ4n) is 3.48. The smallest absolute Gasteiger partial charge is 0.196 e. The average molecular weight is 275 g/mol.